The van der Waals surface area contributed by atoms with Crippen molar-refractivity contribution in [3.63, 3.8) is 0 Å². The number of benzene rings is 1. The molecule has 0 aliphatic carbocycles. The van der Waals surface area contributed by atoms with Crippen LogP contribution in [-0.4, -0.2) is 16.5 Å². The lowest BCUT2D eigenvalue weighted by atomic mass is 10.3. The molecule has 0 bridgehead atoms. The number of hydrogen-bond acceptors (Lipinski definition) is 1. The molecule has 1 aromatic heterocycles. The quantitative estimate of drug-likeness (QED) is 0.533. The topological polar surface area (TPSA) is 57.0 Å². The second-order valence-electron chi connectivity index (χ2n) is 3.40. The van der Waals surface area contributed by atoms with Crippen LogP contribution in [0.15, 0.2) is 24.3 Å². The molecule has 0 saturated heterocycles. The van der Waals surface area contributed by atoms with E-state index in [2.05, 4.69) is 4.98 Å². The fraction of sp³-hybridized carbons (Fsp3) is 0.222. The maximum absolute atomic E-state index is 11.5. The zero-order valence-corrected chi connectivity index (χ0v) is 8.95. The summed E-state index contributed by atoms with van der Waals surface area (Å²) < 4.78 is 13.2. The van der Waals surface area contributed by atoms with Crippen molar-refractivity contribution < 1.29 is 14.0 Å². The maximum Gasteiger partial charge on any atom is 0.340 e. The number of aromatic amines is 1. The van der Waals surface area contributed by atoms with Gasteiger partial charge in [-0.15, -0.1) is 0 Å². The van der Waals surface area contributed by atoms with Gasteiger partial charge in [-0.25, -0.2) is 9.55 Å². The van der Waals surface area contributed by atoms with E-state index in [0.29, 0.717) is 5.57 Å². The predicted octanol–water partition coefficient (Wildman–Crippen LogP) is 0.518. The Balaban J connectivity index is 2.82. The second kappa shape index (κ2) is 2.94. The van der Waals surface area contributed by atoms with E-state index >= 15 is 0 Å². The maximum atomic E-state index is 11.5. The third-order valence-electron chi connectivity index (χ3n) is 2.22. The highest BCUT2D eigenvalue weighted by atomic mass is 31.2. The van der Waals surface area contributed by atoms with Gasteiger partial charge in [0.2, 0.25) is 0 Å². The number of hydrogen-bond donors (Lipinski definition) is 2. The molecule has 0 fully saturated rings. The van der Waals surface area contributed by atoms with Gasteiger partial charge in [0.05, 0.1) is 7.05 Å². The molecule has 0 spiro atoms. The third kappa shape index (κ3) is 1.37. The Bertz CT molecular complexity index is 527. The number of rotatable bonds is 1. The lowest BCUT2D eigenvalue weighted by Crippen LogP contribution is -2.43. The molecule has 0 radical (unpaired) electrons. The van der Waals surface area contributed by atoms with Crippen molar-refractivity contribution in [1.82, 2.24) is 4.98 Å². The molecular formula is C9H12N2O2P+. The molecule has 2 N–H and O–H groups in total. The molecule has 5 heteroatoms. The van der Waals surface area contributed by atoms with Gasteiger partial charge in [0.1, 0.15) is 0 Å². The van der Waals surface area contributed by atoms with E-state index < -0.39 is 7.37 Å². The van der Waals surface area contributed by atoms with Crippen LogP contribution in [0.2, 0.25) is 0 Å². The van der Waals surface area contributed by atoms with Crippen molar-refractivity contribution in [2.75, 3.05) is 6.66 Å². The van der Waals surface area contributed by atoms with Gasteiger partial charge in [-0.2, -0.15) is 0 Å². The average molecular weight is 211 g/mol. The van der Waals surface area contributed by atoms with Gasteiger partial charge in [0, 0.05) is 6.66 Å². The highest BCUT2D eigenvalue weighted by Gasteiger charge is 2.28. The summed E-state index contributed by atoms with van der Waals surface area (Å²) in [4.78, 5) is 12.4. The first kappa shape index (κ1) is 9.44. The number of aryl methyl sites for hydroxylation is 1. The van der Waals surface area contributed by atoms with Gasteiger partial charge in [-0.3, -0.25) is 4.57 Å². The van der Waals surface area contributed by atoms with Gasteiger partial charge >= 0.3 is 12.9 Å². The standard InChI is InChI=1S/C9H11N2O2P/c1-11-8-6-4-3-5-7(8)10-9(11)14(2,12)13/h3-6H,1-2H3,(H,12,13)/p+1. The molecule has 0 aliphatic heterocycles. The Morgan fingerprint density at radius 1 is 1.43 bits per heavy atom. The van der Waals surface area contributed by atoms with Gasteiger partial charge < -0.3 is 4.89 Å². The zero-order valence-electron chi connectivity index (χ0n) is 8.06. The van der Waals surface area contributed by atoms with E-state index in [1.165, 1.54) is 6.66 Å². The van der Waals surface area contributed by atoms with Crippen LogP contribution in [0, 0.1) is 0 Å². The average Bonchev–Trinajstić information content (AvgIpc) is 2.44. The fourth-order valence-corrected chi connectivity index (χ4v) is 2.56. The molecule has 14 heavy (non-hydrogen) atoms. The Morgan fingerprint density at radius 2 is 2.07 bits per heavy atom. The Hall–Kier alpha value is -1.12. The molecule has 4 nitrogen and oxygen atoms in total. The van der Waals surface area contributed by atoms with Crippen LogP contribution in [0.1, 0.15) is 0 Å². The van der Waals surface area contributed by atoms with E-state index in [4.69, 9.17) is 0 Å². The van der Waals surface area contributed by atoms with Crippen molar-refractivity contribution in [1.29, 1.82) is 0 Å². The highest BCUT2D eigenvalue weighted by molar-refractivity contribution is 7.64. The van der Waals surface area contributed by atoms with Gasteiger partial charge in [-0.05, 0) is 12.1 Å². The molecule has 2 rings (SSSR count). The van der Waals surface area contributed by atoms with E-state index in [-0.39, 0.29) is 0 Å². The summed E-state index contributed by atoms with van der Waals surface area (Å²) in [5.41, 5.74) is 2.18. The minimum absolute atomic E-state index is 0.374. The molecular weight excluding hydrogens is 199 g/mol. The number of para-hydroxylation sites is 2. The van der Waals surface area contributed by atoms with E-state index in [1.54, 1.807) is 11.6 Å². The number of fused-ring (bicyclic) bond motifs is 1. The molecule has 1 unspecified atom stereocenters. The summed E-state index contributed by atoms with van der Waals surface area (Å²) in [5, 5.41) is 0. The zero-order chi connectivity index (χ0) is 10.3. The van der Waals surface area contributed by atoms with Crippen LogP contribution in [0.5, 0.6) is 0 Å². The van der Waals surface area contributed by atoms with Gasteiger partial charge in [-0.1, -0.05) is 12.1 Å². The van der Waals surface area contributed by atoms with E-state index in [1.807, 2.05) is 24.3 Å². The van der Waals surface area contributed by atoms with Crippen LogP contribution in [0.4, 0.5) is 0 Å². The number of aromatic nitrogens is 2. The highest BCUT2D eigenvalue weighted by Crippen LogP contribution is 2.31. The smallest absolute Gasteiger partial charge is 0.336 e. The molecule has 0 saturated carbocycles. The summed E-state index contributed by atoms with van der Waals surface area (Å²) in [6, 6.07) is 7.58. The summed E-state index contributed by atoms with van der Waals surface area (Å²) >= 11 is 0. The first-order chi connectivity index (χ1) is 6.50. The molecule has 0 aliphatic rings. The molecule has 74 valence electrons. The molecule has 1 aromatic carbocycles. The molecule has 2 aromatic rings. The van der Waals surface area contributed by atoms with Crippen molar-refractivity contribution in [3.05, 3.63) is 24.3 Å². The lowest BCUT2D eigenvalue weighted by Gasteiger charge is -1.97. The second-order valence-corrected chi connectivity index (χ2v) is 5.59. The first-order valence-electron chi connectivity index (χ1n) is 4.28. The van der Waals surface area contributed by atoms with Crippen molar-refractivity contribution >= 4 is 24.0 Å². The summed E-state index contributed by atoms with van der Waals surface area (Å²) in [6.07, 6.45) is 0. The van der Waals surface area contributed by atoms with E-state index in [9.17, 15) is 9.46 Å². The Morgan fingerprint density at radius 3 is 2.64 bits per heavy atom. The van der Waals surface area contributed by atoms with Crippen molar-refractivity contribution in [2.24, 2.45) is 7.05 Å². The van der Waals surface area contributed by atoms with Crippen molar-refractivity contribution in [2.45, 2.75) is 0 Å². The number of nitrogens with zero attached hydrogens (tertiary/aromatic N) is 1. The van der Waals surface area contributed by atoms with Gasteiger partial charge in [0.15, 0.2) is 11.0 Å². The number of nitrogens with one attached hydrogen (secondary N) is 1. The van der Waals surface area contributed by atoms with E-state index in [0.717, 1.165) is 11.0 Å². The van der Waals surface area contributed by atoms with Crippen LogP contribution >= 0.6 is 7.37 Å². The van der Waals surface area contributed by atoms with Crippen LogP contribution in [0.3, 0.4) is 0 Å². The fourth-order valence-electron chi connectivity index (χ4n) is 1.57. The number of imidazole rings is 1. The summed E-state index contributed by atoms with van der Waals surface area (Å²) in [7, 11) is -1.44. The third-order valence-corrected chi connectivity index (χ3v) is 3.42. The minimum atomic E-state index is -3.22. The molecule has 1 atom stereocenters. The lowest BCUT2D eigenvalue weighted by molar-refractivity contribution is -0.626. The van der Waals surface area contributed by atoms with Crippen LogP contribution in [0.25, 0.3) is 11.0 Å². The van der Waals surface area contributed by atoms with Crippen molar-refractivity contribution in [3.8, 4) is 0 Å². The first-order valence-corrected chi connectivity index (χ1v) is 6.38. The SMILES string of the molecule is C[n+]1c(P(C)(=O)O)[nH]c2ccccc21. The monoisotopic (exact) mass is 211 g/mol. The van der Waals surface area contributed by atoms with Crippen LogP contribution in [-0.2, 0) is 11.6 Å². The normalized spacial score (nSPS) is 15.6. The number of H-pyrrole nitrogens is 1. The van der Waals surface area contributed by atoms with Gasteiger partial charge in [0.25, 0.3) is 0 Å². The Kier molecular flexibility index (Phi) is 1.98. The molecule has 0 amide bonds. The summed E-state index contributed by atoms with van der Waals surface area (Å²) in [5.74, 6) is 0. The van der Waals surface area contributed by atoms with Crippen LogP contribution < -0.4 is 10.1 Å². The minimum Gasteiger partial charge on any atom is -0.336 e. The molecule has 1 heterocycles. The predicted molar refractivity (Wildman–Crippen MR) is 54.9 cm³/mol. The summed E-state index contributed by atoms with van der Waals surface area (Å²) in [6.45, 7) is 1.33. The Labute approximate surface area is 81.7 Å². The largest absolute Gasteiger partial charge is 0.340 e.